The number of aliphatic hydroxyl groups excluding tert-OH is 2. The van der Waals surface area contributed by atoms with Crippen molar-refractivity contribution in [2.45, 2.75) is 44.2 Å². The van der Waals surface area contributed by atoms with Crippen LogP contribution in [0, 0.1) is 11.8 Å². The first-order chi connectivity index (χ1) is 16.8. The monoisotopic (exact) mass is 498 g/mol. The molecule has 2 aromatic carbocycles. The predicted molar refractivity (Wildman–Crippen MR) is 134 cm³/mol. The van der Waals surface area contributed by atoms with E-state index in [0.29, 0.717) is 12.0 Å². The van der Waals surface area contributed by atoms with Crippen LogP contribution in [-0.2, 0) is 25.8 Å². The first kappa shape index (κ1) is 25.2. The Labute approximate surface area is 208 Å². The predicted octanol–water partition coefficient (Wildman–Crippen LogP) is 3.27. The van der Waals surface area contributed by atoms with Crippen molar-refractivity contribution in [2.24, 2.45) is 11.8 Å². The van der Waals surface area contributed by atoms with Gasteiger partial charge >= 0.3 is 5.97 Å². The molecule has 0 saturated carbocycles. The molecule has 2 aliphatic rings. The van der Waals surface area contributed by atoms with Crippen LogP contribution < -0.4 is 9.62 Å². The Kier molecular flexibility index (Phi) is 7.51. The van der Waals surface area contributed by atoms with Gasteiger partial charge in [0, 0.05) is 34.9 Å². The maximum absolute atomic E-state index is 12.5. The lowest BCUT2D eigenvalue weighted by Crippen LogP contribution is -2.64. The molecule has 0 spiro atoms. The number of β-lactam (4-membered cyclic amide) rings is 1. The number of benzene rings is 2. The van der Waals surface area contributed by atoms with Gasteiger partial charge in [0.25, 0.3) is 0 Å². The minimum Gasteiger partial charge on any atom is -0.396 e. The largest absolute Gasteiger partial charge is 0.396 e. The van der Waals surface area contributed by atoms with Gasteiger partial charge in [-0.3, -0.25) is 14.0 Å². The van der Waals surface area contributed by atoms with Gasteiger partial charge in [-0.05, 0) is 60.9 Å². The zero-order valence-corrected chi connectivity index (χ0v) is 21.0. The van der Waals surface area contributed by atoms with E-state index in [9.17, 15) is 19.8 Å². The first-order valence-electron chi connectivity index (χ1n) is 11.6. The average molecular weight is 499 g/mol. The van der Waals surface area contributed by atoms with E-state index in [1.807, 2.05) is 32.1 Å². The number of carbonyl (C=O) groups is 2. The van der Waals surface area contributed by atoms with Crippen molar-refractivity contribution >= 4 is 40.3 Å². The summed E-state index contributed by atoms with van der Waals surface area (Å²) in [5.41, 5.74) is 3.45. The molecular weight excluding hydrogens is 468 g/mol. The maximum Gasteiger partial charge on any atom is 0.366 e. The van der Waals surface area contributed by atoms with E-state index >= 15 is 0 Å². The van der Waals surface area contributed by atoms with E-state index in [4.69, 9.17) is 4.89 Å². The summed E-state index contributed by atoms with van der Waals surface area (Å²) in [5.74, 6) is -1.76. The Bertz CT molecular complexity index is 1210. The van der Waals surface area contributed by atoms with Gasteiger partial charge in [0.15, 0.2) is 0 Å². The number of hydrogen-bond acceptors (Lipinski definition) is 8. The van der Waals surface area contributed by atoms with Crippen LogP contribution in [0.4, 0.5) is 5.69 Å². The van der Waals surface area contributed by atoms with Gasteiger partial charge in [0.05, 0.1) is 30.5 Å². The third kappa shape index (κ3) is 4.69. The molecule has 1 amide bonds. The maximum atomic E-state index is 12.5. The summed E-state index contributed by atoms with van der Waals surface area (Å²) >= 11 is 1.54. The number of rotatable bonds is 9. The Morgan fingerprint density at radius 2 is 2.09 bits per heavy atom. The van der Waals surface area contributed by atoms with E-state index < -0.39 is 18.0 Å². The number of aliphatic hydroxyl groups is 2. The van der Waals surface area contributed by atoms with Crippen LogP contribution in [0.2, 0.25) is 0 Å². The minimum atomic E-state index is -0.818. The Balaban J connectivity index is 1.75. The second kappa shape index (κ2) is 10.4. The number of nitrogens with one attached hydrogen (secondary N) is 1. The second-order valence-corrected chi connectivity index (χ2v) is 9.75. The fourth-order valence-corrected chi connectivity index (χ4v) is 6.18. The van der Waals surface area contributed by atoms with Crippen LogP contribution >= 0.6 is 11.9 Å². The molecule has 3 N–H and O–H groups in total. The molecule has 0 radical (unpaired) electrons. The van der Waals surface area contributed by atoms with Gasteiger partial charge in [0.2, 0.25) is 5.91 Å². The molecule has 4 unspecified atom stereocenters. The number of amides is 1. The van der Waals surface area contributed by atoms with Crippen molar-refractivity contribution in [1.82, 2.24) is 5.32 Å². The van der Waals surface area contributed by atoms with Gasteiger partial charge in [0.1, 0.15) is 0 Å². The quantitative estimate of drug-likeness (QED) is 0.121. The summed E-state index contributed by atoms with van der Waals surface area (Å²) in [5, 5.41) is 24.7. The lowest BCUT2D eigenvalue weighted by Gasteiger charge is -2.43. The molecule has 1 fully saturated rings. The molecule has 2 heterocycles. The highest BCUT2D eigenvalue weighted by Gasteiger charge is 2.47. The third-order valence-corrected chi connectivity index (χ3v) is 7.66. The van der Waals surface area contributed by atoms with E-state index in [1.165, 1.54) is 13.2 Å². The summed E-state index contributed by atoms with van der Waals surface area (Å²) in [6.07, 6.45) is 3.05. The molecule has 0 aliphatic carbocycles. The lowest BCUT2D eigenvalue weighted by molar-refractivity contribution is -0.249. The van der Waals surface area contributed by atoms with Crippen LogP contribution in [0.15, 0.2) is 58.6 Å². The molecule has 186 valence electrons. The highest BCUT2D eigenvalue weighted by Crippen LogP contribution is 2.50. The Morgan fingerprint density at radius 3 is 2.71 bits per heavy atom. The minimum absolute atomic E-state index is 0.0721. The number of nitrogens with zero attached hydrogens (tertiary/aromatic N) is 1. The van der Waals surface area contributed by atoms with Gasteiger partial charge in [-0.2, -0.15) is 4.89 Å². The summed E-state index contributed by atoms with van der Waals surface area (Å²) in [4.78, 5) is 35.0. The van der Waals surface area contributed by atoms with Crippen LogP contribution in [0.25, 0.3) is 10.8 Å². The fourth-order valence-electron chi connectivity index (χ4n) is 4.91. The van der Waals surface area contributed by atoms with Gasteiger partial charge in [-0.25, -0.2) is 4.79 Å². The zero-order valence-electron chi connectivity index (χ0n) is 20.1. The number of carbonyl (C=O) groups excluding carboxylic acids is 2. The van der Waals surface area contributed by atoms with Gasteiger partial charge < -0.3 is 15.5 Å². The van der Waals surface area contributed by atoms with Crippen molar-refractivity contribution in [3.8, 4) is 0 Å². The number of allylic oxidation sites excluding steroid dienone is 2. The smallest absolute Gasteiger partial charge is 0.366 e. The molecule has 2 aromatic rings. The molecule has 4 atom stereocenters. The van der Waals surface area contributed by atoms with E-state index in [1.54, 1.807) is 18.9 Å². The average Bonchev–Trinajstić information content (AvgIpc) is 3.16. The SMILES string of the molecule is C/C=C(/C(=C\C(=O)OOC)C(C)C1NC(=O)C1C(C)O)N1Sc2cc(CCO)cc3cccc1c23. The third-order valence-electron chi connectivity index (χ3n) is 6.56. The second-order valence-electron chi connectivity index (χ2n) is 8.76. The first-order valence-corrected chi connectivity index (χ1v) is 12.3. The Hall–Kier alpha value is -2.85. The summed E-state index contributed by atoms with van der Waals surface area (Å²) in [6, 6.07) is 9.89. The topological polar surface area (TPSA) is 108 Å². The normalized spacial score (nSPS) is 21.5. The fraction of sp³-hybridized carbons (Fsp3) is 0.385. The van der Waals surface area contributed by atoms with E-state index in [2.05, 4.69) is 32.7 Å². The number of anilines is 1. The molecule has 9 heteroatoms. The summed E-state index contributed by atoms with van der Waals surface area (Å²) < 4.78 is 2.07. The van der Waals surface area contributed by atoms with Gasteiger partial charge in [-0.1, -0.05) is 31.2 Å². The van der Waals surface area contributed by atoms with E-state index in [-0.39, 0.29) is 24.5 Å². The van der Waals surface area contributed by atoms with Crippen molar-refractivity contribution in [1.29, 1.82) is 0 Å². The highest BCUT2D eigenvalue weighted by atomic mass is 32.2. The molecule has 4 rings (SSSR count). The molecule has 8 nitrogen and oxygen atoms in total. The molecule has 2 aliphatic heterocycles. The lowest BCUT2D eigenvalue weighted by atomic mass is 9.75. The van der Waals surface area contributed by atoms with Crippen molar-refractivity contribution in [3.63, 3.8) is 0 Å². The summed E-state index contributed by atoms with van der Waals surface area (Å²) in [7, 11) is 1.26. The van der Waals surface area contributed by atoms with Crippen LogP contribution in [0.1, 0.15) is 26.3 Å². The molecular formula is C26H30N2O6S. The Morgan fingerprint density at radius 1 is 1.31 bits per heavy atom. The molecule has 0 bridgehead atoms. The standard InChI is InChI=1S/C26H30N2O6S/c1-5-19(18(13-22(31)34-33-4)14(2)25-23(15(3)30)26(32)27-25)28-20-8-6-7-17-11-16(9-10-29)12-21(35-28)24(17)20/h5-8,11-15,23,25,29-30H,9-10H2,1-4H3,(H,27,32)/b18-13-,19-5-. The van der Waals surface area contributed by atoms with Gasteiger partial charge in [-0.15, -0.1) is 0 Å². The zero-order chi connectivity index (χ0) is 25.3. The molecule has 1 saturated heterocycles. The highest BCUT2D eigenvalue weighted by molar-refractivity contribution is 8.01. The van der Waals surface area contributed by atoms with Crippen molar-refractivity contribution in [2.75, 3.05) is 18.0 Å². The number of hydrogen-bond donors (Lipinski definition) is 3. The molecule has 0 aromatic heterocycles. The van der Waals surface area contributed by atoms with Crippen LogP contribution in [0.3, 0.4) is 0 Å². The van der Waals surface area contributed by atoms with E-state index in [0.717, 1.165) is 32.6 Å². The van der Waals surface area contributed by atoms with Crippen molar-refractivity contribution < 1.29 is 29.6 Å². The van der Waals surface area contributed by atoms with Crippen molar-refractivity contribution in [3.05, 3.63) is 59.3 Å². The van der Waals surface area contributed by atoms with Crippen LogP contribution in [-0.4, -0.2) is 48.0 Å². The van der Waals surface area contributed by atoms with Crippen LogP contribution in [0.5, 0.6) is 0 Å². The molecule has 35 heavy (non-hydrogen) atoms. The summed E-state index contributed by atoms with van der Waals surface area (Å²) in [6.45, 7) is 5.48.